The highest BCUT2D eigenvalue weighted by molar-refractivity contribution is 5.53. The highest BCUT2D eigenvalue weighted by atomic mass is 16.6. The Labute approximate surface area is 119 Å². The van der Waals surface area contributed by atoms with Crippen molar-refractivity contribution in [1.82, 2.24) is 0 Å². The number of hydrogen-bond acceptors (Lipinski definition) is 4. The summed E-state index contributed by atoms with van der Waals surface area (Å²) in [5.41, 5.74) is 7.42. The van der Waals surface area contributed by atoms with Crippen molar-refractivity contribution in [1.29, 1.82) is 0 Å². The van der Waals surface area contributed by atoms with E-state index in [1.807, 2.05) is 12.1 Å². The SMILES string of the molecule is NC1CC2(CCCCC2)Oc2cc3c(cc21)OCCO3. The van der Waals surface area contributed by atoms with E-state index >= 15 is 0 Å². The summed E-state index contributed by atoms with van der Waals surface area (Å²) in [7, 11) is 0. The minimum absolute atomic E-state index is 0.0349. The number of ether oxygens (including phenoxy) is 3. The molecule has 20 heavy (non-hydrogen) atoms. The third-order valence-electron chi connectivity index (χ3n) is 4.76. The summed E-state index contributed by atoms with van der Waals surface area (Å²) in [6, 6.07) is 4.01. The summed E-state index contributed by atoms with van der Waals surface area (Å²) in [6.07, 6.45) is 6.95. The molecular weight excluding hydrogens is 254 g/mol. The second kappa shape index (κ2) is 4.55. The van der Waals surface area contributed by atoms with Crippen LogP contribution in [0.15, 0.2) is 12.1 Å². The molecule has 1 atom stereocenters. The first kappa shape index (κ1) is 12.3. The van der Waals surface area contributed by atoms with Crippen molar-refractivity contribution in [3.63, 3.8) is 0 Å². The molecule has 1 saturated carbocycles. The Bertz CT molecular complexity index is 523. The van der Waals surface area contributed by atoms with E-state index in [4.69, 9.17) is 19.9 Å². The summed E-state index contributed by atoms with van der Waals surface area (Å²) in [5.74, 6) is 2.48. The van der Waals surface area contributed by atoms with Gasteiger partial charge in [-0.3, -0.25) is 0 Å². The Morgan fingerprint density at radius 1 is 0.950 bits per heavy atom. The molecule has 108 valence electrons. The van der Waals surface area contributed by atoms with Crippen molar-refractivity contribution >= 4 is 0 Å². The van der Waals surface area contributed by atoms with Crippen molar-refractivity contribution in [3.05, 3.63) is 17.7 Å². The summed E-state index contributed by atoms with van der Waals surface area (Å²) < 4.78 is 17.7. The van der Waals surface area contributed by atoms with Gasteiger partial charge in [-0.25, -0.2) is 0 Å². The molecule has 4 nitrogen and oxygen atoms in total. The first-order valence-corrected chi connectivity index (χ1v) is 7.64. The van der Waals surface area contributed by atoms with Crippen LogP contribution >= 0.6 is 0 Å². The van der Waals surface area contributed by atoms with Gasteiger partial charge in [-0.15, -0.1) is 0 Å². The summed E-state index contributed by atoms with van der Waals surface area (Å²) >= 11 is 0. The maximum atomic E-state index is 6.41. The van der Waals surface area contributed by atoms with Crippen molar-refractivity contribution in [2.24, 2.45) is 5.73 Å². The van der Waals surface area contributed by atoms with Gasteiger partial charge in [0, 0.05) is 24.1 Å². The molecule has 1 aliphatic carbocycles. The molecular formula is C16H21NO3. The zero-order valence-corrected chi connectivity index (χ0v) is 11.7. The van der Waals surface area contributed by atoms with Crippen LogP contribution in [0.1, 0.15) is 50.1 Å². The molecule has 1 unspecified atom stereocenters. The highest BCUT2D eigenvalue weighted by Gasteiger charge is 2.41. The number of benzene rings is 1. The second-order valence-corrected chi connectivity index (χ2v) is 6.19. The lowest BCUT2D eigenvalue weighted by Gasteiger charge is -2.44. The molecule has 1 aromatic rings. The third-order valence-corrected chi connectivity index (χ3v) is 4.76. The Morgan fingerprint density at radius 3 is 2.40 bits per heavy atom. The van der Waals surface area contributed by atoms with Crippen LogP contribution in [-0.2, 0) is 0 Å². The van der Waals surface area contributed by atoms with E-state index in [2.05, 4.69) is 0 Å². The Kier molecular flexibility index (Phi) is 2.81. The van der Waals surface area contributed by atoms with E-state index in [-0.39, 0.29) is 11.6 Å². The predicted octanol–water partition coefficient (Wildman–Crippen LogP) is 2.94. The molecule has 3 aliphatic rings. The quantitative estimate of drug-likeness (QED) is 0.791. The van der Waals surface area contributed by atoms with Crippen LogP contribution in [-0.4, -0.2) is 18.8 Å². The van der Waals surface area contributed by atoms with Gasteiger partial charge in [0.15, 0.2) is 11.5 Å². The van der Waals surface area contributed by atoms with Gasteiger partial charge >= 0.3 is 0 Å². The van der Waals surface area contributed by atoms with E-state index < -0.39 is 0 Å². The van der Waals surface area contributed by atoms with Gasteiger partial charge < -0.3 is 19.9 Å². The summed E-state index contributed by atoms with van der Waals surface area (Å²) in [4.78, 5) is 0. The Balaban J connectivity index is 1.72. The molecule has 1 spiro atoms. The zero-order valence-electron chi connectivity index (χ0n) is 11.7. The van der Waals surface area contributed by atoms with Gasteiger partial charge in [-0.1, -0.05) is 6.42 Å². The fraction of sp³-hybridized carbons (Fsp3) is 0.625. The highest BCUT2D eigenvalue weighted by Crippen LogP contribution is 2.48. The average Bonchev–Trinajstić information content (AvgIpc) is 2.46. The summed E-state index contributed by atoms with van der Waals surface area (Å²) in [5, 5.41) is 0. The van der Waals surface area contributed by atoms with Crippen LogP contribution in [0.4, 0.5) is 0 Å². The average molecular weight is 275 g/mol. The van der Waals surface area contributed by atoms with Crippen LogP contribution in [0.25, 0.3) is 0 Å². The minimum atomic E-state index is -0.0472. The van der Waals surface area contributed by atoms with Crippen LogP contribution in [0.5, 0.6) is 17.2 Å². The Hall–Kier alpha value is -1.42. The Morgan fingerprint density at radius 2 is 1.65 bits per heavy atom. The molecule has 4 heteroatoms. The smallest absolute Gasteiger partial charge is 0.165 e. The molecule has 2 N–H and O–H groups in total. The maximum Gasteiger partial charge on any atom is 0.165 e. The molecule has 2 heterocycles. The summed E-state index contributed by atoms with van der Waals surface area (Å²) in [6.45, 7) is 1.20. The second-order valence-electron chi connectivity index (χ2n) is 6.19. The molecule has 0 aromatic heterocycles. The van der Waals surface area contributed by atoms with Gasteiger partial charge in [-0.05, 0) is 31.7 Å². The van der Waals surface area contributed by atoms with Crippen LogP contribution in [0.2, 0.25) is 0 Å². The molecule has 0 radical (unpaired) electrons. The van der Waals surface area contributed by atoms with Gasteiger partial charge in [0.2, 0.25) is 0 Å². The number of hydrogen-bond donors (Lipinski definition) is 1. The van der Waals surface area contributed by atoms with Gasteiger partial charge in [0.05, 0.1) is 0 Å². The van der Waals surface area contributed by atoms with E-state index in [9.17, 15) is 0 Å². The molecule has 0 amide bonds. The van der Waals surface area contributed by atoms with Gasteiger partial charge in [0.25, 0.3) is 0 Å². The lowest BCUT2D eigenvalue weighted by atomic mass is 9.77. The number of rotatable bonds is 0. The third kappa shape index (κ3) is 1.94. The number of nitrogens with two attached hydrogens (primary N) is 1. The molecule has 4 rings (SSSR count). The van der Waals surface area contributed by atoms with E-state index in [1.165, 1.54) is 19.3 Å². The van der Waals surface area contributed by atoms with E-state index in [0.717, 1.165) is 42.1 Å². The lowest BCUT2D eigenvalue weighted by molar-refractivity contribution is 0.00129. The van der Waals surface area contributed by atoms with E-state index in [1.54, 1.807) is 0 Å². The molecule has 0 saturated heterocycles. The van der Waals surface area contributed by atoms with E-state index in [0.29, 0.717) is 13.2 Å². The minimum Gasteiger partial charge on any atom is -0.487 e. The van der Waals surface area contributed by atoms with Crippen LogP contribution in [0, 0.1) is 0 Å². The standard InChI is InChI=1S/C16H21NO3/c17-12-10-16(4-2-1-3-5-16)20-13-9-15-14(8-11(12)13)18-6-7-19-15/h8-9,12H,1-7,10,17H2. The van der Waals surface area contributed by atoms with Gasteiger partial charge in [0.1, 0.15) is 24.6 Å². The van der Waals surface area contributed by atoms with Crippen LogP contribution < -0.4 is 19.9 Å². The molecule has 1 fully saturated rings. The van der Waals surface area contributed by atoms with Crippen molar-refractivity contribution in [3.8, 4) is 17.2 Å². The normalized spacial score (nSPS) is 26.8. The molecule has 1 aromatic carbocycles. The topological polar surface area (TPSA) is 53.7 Å². The molecule has 0 bridgehead atoms. The van der Waals surface area contributed by atoms with Gasteiger partial charge in [-0.2, -0.15) is 0 Å². The first-order valence-electron chi connectivity index (χ1n) is 7.64. The zero-order chi connectivity index (χ0) is 13.6. The molecule has 2 aliphatic heterocycles. The largest absolute Gasteiger partial charge is 0.487 e. The lowest BCUT2D eigenvalue weighted by Crippen LogP contribution is -2.44. The first-order chi connectivity index (χ1) is 9.76. The van der Waals surface area contributed by atoms with Crippen molar-refractivity contribution in [2.45, 2.75) is 50.2 Å². The monoisotopic (exact) mass is 275 g/mol. The fourth-order valence-corrected chi connectivity index (χ4v) is 3.75. The van der Waals surface area contributed by atoms with Crippen molar-refractivity contribution in [2.75, 3.05) is 13.2 Å². The predicted molar refractivity (Wildman–Crippen MR) is 75.4 cm³/mol. The maximum absolute atomic E-state index is 6.41. The van der Waals surface area contributed by atoms with Crippen LogP contribution in [0.3, 0.4) is 0 Å². The van der Waals surface area contributed by atoms with Crippen molar-refractivity contribution < 1.29 is 14.2 Å². The fourth-order valence-electron chi connectivity index (χ4n) is 3.75. The number of fused-ring (bicyclic) bond motifs is 2.